The van der Waals surface area contributed by atoms with Gasteiger partial charge in [-0.05, 0) is 30.2 Å². The lowest BCUT2D eigenvalue weighted by Crippen LogP contribution is -2.24. The molecule has 2 heterocycles. The third kappa shape index (κ3) is 4.05. The van der Waals surface area contributed by atoms with Crippen molar-refractivity contribution in [3.63, 3.8) is 0 Å². The van der Waals surface area contributed by atoms with Crippen molar-refractivity contribution in [1.82, 2.24) is 15.3 Å². The van der Waals surface area contributed by atoms with E-state index in [-0.39, 0.29) is 5.91 Å². The molecule has 20 heavy (non-hydrogen) atoms. The predicted molar refractivity (Wildman–Crippen MR) is 78.4 cm³/mol. The molecule has 1 amide bonds. The van der Waals surface area contributed by atoms with Gasteiger partial charge in [0, 0.05) is 37.2 Å². The van der Waals surface area contributed by atoms with Gasteiger partial charge in [-0.2, -0.15) is 0 Å². The van der Waals surface area contributed by atoms with Crippen LogP contribution in [0.2, 0.25) is 0 Å². The van der Waals surface area contributed by atoms with Crippen LogP contribution in [0.25, 0.3) is 0 Å². The second-order valence-corrected chi connectivity index (χ2v) is 4.40. The molecule has 0 spiro atoms. The van der Waals surface area contributed by atoms with Gasteiger partial charge in [0.1, 0.15) is 5.82 Å². The summed E-state index contributed by atoms with van der Waals surface area (Å²) >= 11 is 0. The lowest BCUT2D eigenvalue weighted by atomic mass is 10.2. The highest BCUT2D eigenvalue weighted by Crippen LogP contribution is 2.08. The fourth-order valence-electron chi connectivity index (χ4n) is 1.70. The molecule has 0 aliphatic carbocycles. The summed E-state index contributed by atoms with van der Waals surface area (Å²) in [4.78, 5) is 20.1. The van der Waals surface area contributed by atoms with E-state index in [9.17, 15) is 4.79 Å². The molecule has 0 saturated heterocycles. The number of hydrogen-bond donors (Lipinski definition) is 2. The van der Waals surface area contributed by atoms with Gasteiger partial charge in [-0.25, -0.2) is 4.98 Å². The molecule has 104 valence electrons. The Hall–Kier alpha value is -2.43. The Morgan fingerprint density at radius 2 is 2.20 bits per heavy atom. The molecular weight excluding hydrogens is 252 g/mol. The van der Waals surface area contributed by atoms with Crippen LogP contribution in [0.4, 0.5) is 5.82 Å². The van der Waals surface area contributed by atoms with E-state index in [0.717, 1.165) is 12.0 Å². The van der Waals surface area contributed by atoms with E-state index in [1.165, 1.54) is 0 Å². The third-order valence-corrected chi connectivity index (χ3v) is 2.75. The topological polar surface area (TPSA) is 66.9 Å². The normalized spacial score (nSPS) is 10.1. The standard InChI is InChI=1S/C15H18N4O/c1-2-6-18-15(20)13-5-8-17-14(9-13)19-11-12-4-3-7-16-10-12/h3-5,7-10H,2,6,11H2,1H3,(H,17,19)(H,18,20). The van der Waals surface area contributed by atoms with Gasteiger partial charge in [0.2, 0.25) is 0 Å². The highest BCUT2D eigenvalue weighted by atomic mass is 16.1. The highest BCUT2D eigenvalue weighted by Gasteiger charge is 2.05. The Morgan fingerprint density at radius 3 is 2.95 bits per heavy atom. The van der Waals surface area contributed by atoms with Crippen LogP contribution >= 0.6 is 0 Å². The van der Waals surface area contributed by atoms with Gasteiger partial charge in [-0.3, -0.25) is 9.78 Å². The average molecular weight is 270 g/mol. The maximum Gasteiger partial charge on any atom is 0.251 e. The molecule has 0 aliphatic rings. The van der Waals surface area contributed by atoms with E-state index in [2.05, 4.69) is 20.6 Å². The maximum absolute atomic E-state index is 11.9. The zero-order chi connectivity index (χ0) is 14.2. The number of amides is 1. The number of anilines is 1. The second kappa shape index (κ2) is 7.23. The van der Waals surface area contributed by atoms with E-state index in [1.54, 1.807) is 30.7 Å². The van der Waals surface area contributed by atoms with Gasteiger partial charge < -0.3 is 10.6 Å². The summed E-state index contributed by atoms with van der Waals surface area (Å²) in [6.07, 6.45) is 6.08. The average Bonchev–Trinajstić information content (AvgIpc) is 2.52. The Labute approximate surface area is 118 Å². The summed E-state index contributed by atoms with van der Waals surface area (Å²) < 4.78 is 0. The first-order valence-corrected chi connectivity index (χ1v) is 6.66. The van der Waals surface area contributed by atoms with E-state index in [0.29, 0.717) is 24.5 Å². The minimum atomic E-state index is -0.0707. The van der Waals surface area contributed by atoms with Gasteiger partial charge in [0.15, 0.2) is 0 Å². The molecule has 5 nitrogen and oxygen atoms in total. The lowest BCUT2D eigenvalue weighted by Gasteiger charge is -2.07. The number of aromatic nitrogens is 2. The fraction of sp³-hybridized carbons (Fsp3) is 0.267. The molecule has 0 fully saturated rings. The van der Waals surface area contributed by atoms with Gasteiger partial charge in [-0.15, -0.1) is 0 Å². The smallest absolute Gasteiger partial charge is 0.251 e. The summed E-state index contributed by atoms with van der Waals surface area (Å²) in [6, 6.07) is 7.33. The lowest BCUT2D eigenvalue weighted by molar-refractivity contribution is 0.0953. The van der Waals surface area contributed by atoms with E-state index in [1.807, 2.05) is 19.1 Å². The fourth-order valence-corrected chi connectivity index (χ4v) is 1.70. The molecule has 0 bridgehead atoms. The van der Waals surface area contributed by atoms with E-state index >= 15 is 0 Å². The molecule has 2 rings (SSSR count). The largest absolute Gasteiger partial charge is 0.366 e. The minimum absolute atomic E-state index is 0.0707. The highest BCUT2D eigenvalue weighted by molar-refractivity contribution is 5.94. The molecular formula is C15H18N4O. The summed E-state index contributed by atoms with van der Waals surface area (Å²) in [7, 11) is 0. The number of nitrogens with one attached hydrogen (secondary N) is 2. The summed E-state index contributed by atoms with van der Waals surface area (Å²) in [5.74, 6) is 0.608. The number of nitrogens with zero attached hydrogens (tertiary/aromatic N) is 2. The van der Waals surface area contributed by atoms with Crippen LogP contribution in [0.1, 0.15) is 29.3 Å². The second-order valence-electron chi connectivity index (χ2n) is 4.40. The molecule has 0 atom stereocenters. The number of pyridine rings is 2. The molecule has 0 aliphatic heterocycles. The first-order valence-electron chi connectivity index (χ1n) is 6.66. The van der Waals surface area contributed by atoms with Crippen LogP contribution < -0.4 is 10.6 Å². The first kappa shape index (κ1) is 14.0. The molecule has 0 unspecified atom stereocenters. The van der Waals surface area contributed by atoms with Crippen molar-refractivity contribution in [2.24, 2.45) is 0 Å². The number of hydrogen-bond acceptors (Lipinski definition) is 4. The summed E-state index contributed by atoms with van der Waals surface area (Å²) in [5.41, 5.74) is 1.68. The van der Waals surface area contributed by atoms with Crippen molar-refractivity contribution >= 4 is 11.7 Å². The Morgan fingerprint density at radius 1 is 1.30 bits per heavy atom. The van der Waals surface area contributed by atoms with Crippen LogP contribution in [-0.2, 0) is 6.54 Å². The molecule has 2 N–H and O–H groups in total. The molecule has 0 saturated carbocycles. The van der Waals surface area contributed by atoms with Crippen molar-refractivity contribution in [2.75, 3.05) is 11.9 Å². The zero-order valence-corrected chi connectivity index (χ0v) is 11.5. The van der Waals surface area contributed by atoms with Gasteiger partial charge in [0.05, 0.1) is 0 Å². The third-order valence-electron chi connectivity index (χ3n) is 2.75. The van der Waals surface area contributed by atoms with Crippen molar-refractivity contribution < 1.29 is 4.79 Å². The Bertz CT molecular complexity index is 557. The molecule has 0 aromatic carbocycles. The van der Waals surface area contributed by atoms with Crippen LogP contribution in [0.15, 0.2) is 42.9 Å². The van der Waals surface area contributed by atoms with Gasteiger partial charge in [0.25, 0.3) is 5.91 Å². The van der Waals surface area contributed by atoms with Gasteiger partial charge >= 0.3 is 0 Å². The van der Waals surface area contributed by atoms with Crippen molar-refractivity contribution in [3.8, 4) is 0 Å². The monoisotopic (exact) mass is 270 g/mol. The van der Waals surface area contributed by atoms with Crippen LogP contribution in [0.5, 0.6) is 0 Å². The van der Waals surface area contributed by atoms with Crippen LogP contribution in [0, 0.1) is 0 Å². The quantitative estimate of drug-likeness (QED) is 0.844. The van der Waals surface area contributed by atoms with E-state index in [4.69, 9.17) is 0 Å². The predicted octanol–water partition coefficient (Wildman–Crippen LogP) is 2.23. The minimum Gasteiger partial charge on any atom is -0.366 e. The number of rotatable bonds is 6. The van der Waals surface area contributed by atoms with Crippen molar-refractivity contribution in [1.29, 1.82) is 0 Å². The molecule has 2 aromatic rings. The number of carbonyl (C=O) groups excluding carboxylic acids is 1. The first-order chi connectivity index (χ1) is 9.79. The van der Waals surface area contributed by atoms with Crippen LogP contribution in [0.3, 0.4) is 0 Å². The molecule has 5 heteroatoms. The van der Waals surface area contributed by atoms with Crippen molar-refractivity contribution in [3.05, 3.63) is 54.0 Å². The SMILES string of the molecule is CCCNC(=O)c1ccnc(NCc2cccnc2)c1. The summed E-state index contributed by atoms with van der Waals surface area (Å²) in [6.45, 7) is 3.33. The molecule has 0 radical (unpaired) electrons. The van der Waals surface area contributed by atoms with Crippen LogP contribution in [-0.4, -0.2) is 22.4 Å². The zero-order valence-electron chi connectivity index (χ0n) is 11.5. The van der Waals surface area contributed by atoms with Gasteiger partial charge in [-0.1, -0.05) is 13.0 Å². The number of carbonyl (C=O) groups is 1. The molecule has 2 aromatic heterocycles. The summed E-state index contributed by atoms with van der Waals surface area (Å²) in [5, 5.41) is 6.03. The van der Waals surface area contributed by atoms with E-state index < -0.39 is 0 Å². The Balaban J connectivity index is 1.97. The van der Waals surface area contributed by atoms with Crippen molar-refractivity contribution in [2.45, 2.75) is 19.9 Å². The Kier molecular flexibility index (Phi) is 5.06. The maximum atomic E-state index is 11.9.